The molecule has 0 saturated carbocycles. The van der Waals surface area contributed by atoms with Gasteiger partial charge < -0.3 is 9.64 Å². The molecule has 1 saturated heterocycles. The average molecular weight is 399 g/mol. The topological polar surface area (TPSA) is 42.4 Å². The molecule has 144 valence electrons. The van der Waals surface area contributed by atoms with Gasteiger partial charge in [0.25, 0.3) is 5.91 Å². The lowest BCUT2D eigenvalue weighted by atomic mass is 10.0. The second kappa shape index (κ2) is 7.76. The summed E-state index contributed by atoms with van der Waals surface area (Å²) in [5, 5.41) is 1.22. The van der Waals surface area contributed by atoms with Gasteiger partial charge in [-0.2, -0.15) is 0 Å². The maximum absolute atomic E-state index is 13.4. The van der Waals surface area contributed by atoms with Gasteiger partial charge in [0.1, 0.15) is 11.6 Å². The first-order valence-corrected chi connectivity index (χ1v) is 9.70. The van der Waals surface area contributed by atoms with E-state index in [1.807, 2.05) is 29.2 Å². The molecule has 2 heterocycles. The van der Waals surface area contributed by atoms with E-state index in [9.17, 15) is 9.18 Å². The first kappa shape index (κ1) is 18.7. The lowest BCUT2D eigenvalue weighted by molar-refractivity contribution is -0.136. The minimum Gasteiger partial charge on any atom is -0.481 e. The number of pyridine rings is 1. The molecule has 0 N–H and O–H groups in total. The molecule has 1 aliphatic rings. The van der Waals surface area contributed by atoms with Crippen LogP contribution in [0.5, 0.6) is 5.75 Å². The summed E-state index contributed by atoms with van der Waals surface area (Å²) in [5.74, 6) is 0.222. The van der Waals surface area contributed by atoms with E-state index < -0.39 is 6.10 Å². The third kappa shape index (κ3) is 3.67. The number of likely N-dealkylation sites (tertiary alicyclic amines) is 1. The number of hydrogen-bond acceptors (Lipinski definition) is 3. The zero-order valence-electron chi connectivity index (χ0n) is 15.5. The van der Waals surface area contributed by atoms with Crippen LogP contribution < -0.4 is 4.74 Å². The minimum atomic E-state index is -0.551. The summed E-state index contributed by atoms with van der Waals surface area (Å²) in [5.41, 5.74) is 2.32. The number of halogens is 2. The van der Waals surface area contributed by atoms with Gasteiger partial charge in [-0.1, -0.05) is 11.6 Å². The van der Waals surface area contributed by atoms with E-state index in [4.69, 9.17) is 16.3 Å². The second-order valence-electron chi connectivity index (χ2n) is 6.95. The highest BCUT2D eigenvalue weighted by molar-refractivity contribution is 6.33. The van der Waals surface area contributed by atoms with Crippen molar-refractivity contribution in [1.29, 1.82) is 0 Å². The molecule has 1 aromatic heterocycles. The number of rotatable bonds is 4. The molecule has 1 fully saturated rings. The highest BCUT2D eigenvalue weighted by Crippen LogP contribution is 2.34. The minimum absolute atomic E-state index is 0.0115. The largest absolute Gasteiger partial charge is 0.481 e. The number of nitrogens with zero attached hydrogens (tertiary/aromatic N) is 2. The van der Waals surface area contributed by atoms with Crippen molar-refractivity contribution in [3.63, 3.8) is 0 Å². The molecular formula is C22H20ClFN2O2. The molecule has 0 bridgehead atoms. The number of fused-ring (bicyclic) bond motifs is 1. The molecule has 4 rings (SSSR count). The Morgan fingerprint density at radius 2 is 1.93 bits per heavy atom. The maximum atomic E-state index is 13.4. The van der Waals surface area contributed by atoms with Crippen LogP contribution in [0.2, 0.25) is 5.02 Å². The van der Waals surface area contributed by atoms with Crippen LogP contribution in [0.4, 0.5) is 4.39 Å². The summed E-state index contributed by atoms with van der Waals surface area (Å²) >= 11 is 6.23. The molecule has 6 heteroatoms. The monoisotopic (exact) mass is 398 g/mol. The molecule has 4 nitrogen and oxygen atoms in total. The van der Waals surface area contributed by atoms with Gasteiger partial charge in [0, 0.05) is 36.3 Å². The highest BCUT2D eigenvalue weighted by atomic mass is 35.5. The van der Waals surface area contributed by atoms with Crippen molar-refractivity contribution in [2.24, 2.45) is 0 Å². The SMILES string of the molecule is C[C@@H](Oc1ccc2c(-c3ccc(F)cc3Cl)ccnc2c1)C(=O)N1CCCC1. The smallest absolute Gasteiger partial charge is 0.263 e. The number of ether oxygens (including phenoxy) is 1. The summed E-state index contributed by atoms with van der Waals surface area (Å²) in [6, 6.07) is 11.7. The zero-order valence-corrected chi connectivity index (χ0v) is 16.2. The fraction of sp³-hybridized carbons (Fsp3) is 0.273. The predicted molar refractivity (Wildman–Crippen MR) is 108 cm³/mol. The Morgan fingerprint density at radius 1 is 1.14 bits per heavy atom. The van der Waals surface area contributed by atoms with Crippen LogP contribution in [0.1, 0.15) is 19.8 Å². The van der Waals surface area contributed by atoms with Crippen molar-refractivity contribution in [3.05, 3.63) is 59.5 Å². The number of carbonyl (C=O) groups is 1. The van der Waals surface area contributed by atoms with Crippen molar-refractivity contribution in [3.8, 4) is 16.9 Å². The number of amides is 1. The Kier molecular flexibility index (Phi) is 5.18. The van der Waals surface area contributed by atoms with Gasteiger partial charge in [-0.3, -0.25) is 9.78 Å². The quantitative estimate of drug-likeness (QED) is 0.615. The molecule has 3 aromatic rings. The normalized spacial score (nSPS) is 15.0. The first-order chi connectivity index (χ1) is 13.5. The molecule has 0 spiro atoms. The van der Waals surface area contributed by atoms with Gasteiger partial charge in [0.05, 0.1) is 10.5 Å². The van der Waals surface area contributed by atoms with Crippen LogP contribution in [0, 0.1) is 5.82 Å². The van der Waals surface area contributed by atoms with Crippen LogP contribution in [0.15, 0.2) is 48.7 Å². The Balaban J connectivity index is 1.62. The van der Waals surface area contributed by atoms with Crippen molar-refractivity contribution in [2.75, 3.05) is 13.1 Å². The molecule has 1 atom stereocenters. The Hall–Kier alpha value is -2.66. The molecule has 0 aliphatic carbocycles. The maximum Gasteiger partial charge on any atom is 0.263 e. The standard InChI is InChI=1S/C22H20ClFN2O2/c1-14(22(27)26-10-2-3-11-26)28-16-5-7-19-17(8-9-25-21(19)13-16)18-6-4-15(24)12-20(18)23/h4-9,12-14H,2-3,10-11H2,1H3/t14-/m1/s1. The number of aromatic nitrogens is 1. The third-order valence-corrected chi connectivity index (χ3v) is 5.33. The van der Waals surface area contributed by atoms with E-state index in [0.29, 0.717) is 10.8 Å². The molecule has 0 radical (unpaired) electrons. The van der Waals surface area contributed by atoms with Crippen molar-refractivity contribution in [1.82, 2.24) is 9.88 Å². The summed E-state index contributed by atoms with van der Waals surface area (Å²) < 4.78 is 19.3. The van der Waals surface area contributed by atoms with Gasteiger partial charge in [-0.15, -0.1) is 0 Å². The summed E-state index contributed by atoms with van der Waals surface area (Å²) in [7, 11) is 0. The fourth-order valence-electron chi connectivity index (χ4n) is 3.59. The van der Waals surface area contributed by atoms with Gasteiger partial charge >= 0.3 is 0 Å². The fourth-order valence-corrected chi connectivity index (χ4v) is 3.86. The van der Waals surface area contributed by atoms with E-state index >= 15 is 0 Å². The Morgan fingerprint density at radius 3 is 2.68 bits per heavy atom. The predicted octanol–water partition coefficient (Wildman–Crippen LogP) is 5.08. The van der Waals surface area contributed by atoms with Crippen LogP contribution in [-0.4, -0.2) is 35.0 Å². The average Bonchev–Trinajstić information content (AvgIpc) is 3.21. The first-order valence-electron chi connectivity index (χ1n) is 9.32. The molecule has 0 unspecified atom stereocenters. The summed E-state index contributed by atoms with van der Waals surface area (Å²) in [4.78, 5) is 18.7. The van der Waals surface area contributed by atoms with Crippen LogP contribution in [0.25, 0.3) is 22.0 Å². The summed E-state index contributed by atoms with van der Waals surface area (Å²) in [6.45, 7) is 3.37. The van der Waals surface area contributed by atoms with Crippen molar-refractivity contribution >= 4 is 28.4 Å². The van der Waals surface area contributed by atoms with E-state index in [1.54, 1.807) is 19.2 Å². The lowest BCUT2D eigenvalue weighted by Gasteiger charge is -2.21. The molecular weight excluding hydrogens is 379 g/mol. The van der Waals surface area contributed by atoms with E-state index in [1.165, 1.54) is 12.1 Å². The van der Waals surface area contributed by atoms with E-state index in [-0.39, 0.29) is 11.7 Å². The van der Waals surface area contributed by atoms with Gasteiger partial charge in [0.2, 0.25) is 0 Å². The highest BCUT2D eigenvalue weighted by Gasteiger charge is 2.24. The van der Waals surface area contributed by atoms with E-state index in [0.717, 1.165) is 48.0 Å². The lowest BCUT2D eigenvalue weighted by Crippen LogP contribution is -2.38. The zero-order chi connectivity index (χ0) is 19.7. The van der Waals surface area contributed by atoms with Crippen molar-refractivity contribution < 1.29 is 13.9 Å². The Labute approximate surface area is 167 Å². The van der Waals surface area contributed by atoms with Crippen molar-refractivity contribution in [2.45, 2.75) is 25.9 Å². The van der Waals surface area contributed by atoms with E-state index in [2.05, 4.69) is 4.98 Å². The van der Waals surface area contributed by atoms with Gasteiger partial charge in [0.15, 0.2) is 6.10 Å². The van der Waals surface area contributed by atoms with Gasteiger partial charge in [-0.25, -0.2) is 4.39 Å². The molecule has 1 amide bonds. The Bertz CT molecular complexity index is 1030. The molecule has 2 aromatic carbocycles. The second-order valence-corrected chi connectivity index (χ2v) is 7.36. The summed E-state index contributed by atoms with van der Waals surface area (Å²) in [6.07, 6.45) is 3.23. The number of carbonyl (C=O) groups excluding carboxylic acids is 1. The molecule has 1 aliphatic heterocycles. The van der Waals surface area contributed by atoms with Crippen LogP contribution >= 0.6 is 11.6 Å². The van der Waals surface area contributed by atoms with Gasteiger partial charge in [-0.05, 0) is 61.7 Å². The third-order valence-electron chi connectivity index (χ3n) is 5.01. The van der Waals surface area contributed by atoms with Crippen LogP contribution in [0.3, 0.4) is 0 Å². The number of benzene rings is 2. The molecule has 28 heavy (non-hydrogen) atoms. The number of hydrogen-bond donors (Lipinski definition) is 0. The van der Waals surface area contributed by atoms with Crippen LogP contribution in [-0.2, 0) is 4.79 Å².